The summed E-state index contributed by atoms with van der Waals surface area (Å²) in [6.45, 7) is 2.16. The third kappa shape index (κ3) is 6.24. The predicted molar refractivity (Wildman–Crippen MR) is 104 cm³/mol. The third-order valence-electron chi connectivity index (χ3n) is 5.97. The van der Waals surface area contributed by atoms with Crippen LogP contribution >= 0.6 is 0 Å². The van der Waals surface area contributed by atoms with Crippen LogP contribution in [0.15, 0.2) is 23.8 Å². The molecule has 2 rings (SSSR count). The molecule has 4 nitrogen and oxygen atoms in total. The number of hydrogen-bond donors (Lipinski definition) is 2. The molecule has 0 heterocycles. The van der Waals surface area contributed by atoms with Crippen LogP contribution in [0.1, 0.15) is 71.1 Å². The Bertz CT molecular complexity index is 496. The number of ether oxygens (including phenoxy) is 1. The van der Waals surface area contributed by atoms with Crippen molar-refractivity contribution in [3.05, 3.63) is 23.8 Å². The summed E-state index contributed by atoms with van der Waals surface area (Å²) in [4.78, 5) is 11.2. The van der Waals surface area contributed by atoms with Crippen molar-refractivity contribution < 1.29 is 19.7 Å². The van der Waals surface area contributed by atoms with Crippen LogP contribution in [0, 0.1) is 17.8 Å². The summed E-state index contributed by atoms with van der Waals surface area (Å²) in [7, 11) is 1.43. The van der Waals surface area contributed by atoms with E-state index in [-0.39, 0.29) is 24.1 Å². The second kappa shape index (κ2) is 10.9. The van der Waals surface area contributed by atoms with E-state index < -0.39 is 0 Å². The fourth-order valence-electron chi connectivity index (χ4n) is 4.47. The fourth-order valence-corrected chi connectivity index (χ4v) is 4.47. The van der Waals surface area contributed by atoms with Crippen LogP contribution in [0.3, 0.4) is 0 Å². The molecule has 0 amide bonds. The minimum absolute atomic E-state index is 0.131. The molecule has 2 N–H and O–H groups in total. The predicted octanol–water partition coefficient (Wildman–Crippen LogP) is 4.16. The van der Waals surface area contributed by atoms with Crippen LogP contribution in [0.25, 0.3) is 0 Å². The molecule has 2 aliphatic rings. The first-order valence-electron chi connectivity index (χ1n) is 10.4. The Kier molecular flexibility index (Phi) is 8.86. The quantitative estimate of drug-likeness (QED) is 0.328. The van der Waals surface area contributed by atoms with Gasteiger partial charge in [0.2, 0.25) is 0 Å². The van der Waals surface area contributed by atoms with Gasteiger partial charge < -0.3 is 14.9 Å². The van der Waals surface area contributed by atoms with Crippen molar-refractivity contribution in [1.82, 2.24) is 0 Å². The number of rotatable bonds is 11. The summed E-state index contributed by atoms with van der Waals surface area (Å²) < 4.78 is 4.68. The summed E-state index contributed by atoms with van der Waals surface area (Å²) in [6.07, 6.45) is 15.1. The fraction of sp³-hybridized carbons (Fsp3) is 0.773. The zero-order valence-electron chi connectivity index (χ0n) is 16.4. The van der Waals surface area contributed by atoms with E-state index in [9.17, 15) is 15.0 Å². The molecule has 0 saturated heterocycles. The molecule has 4 heteroatoms. The lowest BCUT2D eigenvalue weighted by Crippen LogP contribution is -2.18. The van der Waals surface area contributed by atoms with Crippen molar-refractivity contribution in [3.63, 3.8) is 0 Å². The van der Waals surface area contributed by atoms with Crippen molar-refractivity contribution in [2.24, 2.45) is 17.8 Å². The lowest BCUT2D eigenvalue weighted by molar-refractivity contribution is -0.140. The van der Waals surface area contributed by atoms with Gasteiger partial charge in [-0.1, -0.05) is 50.0 Å². The molecule has 0 aliphatic heterocycles. The molecule has 1 saturated carbocycles. The topological polar surface area (TPSA) is 66.8 Å². The first-order chi connectivity index (χ1) is 12.5. The maximum absolute atomic E-state index is 11.2. The zero-order valence-corrected chi connectivity index (χ0v) is 16.4. The molecular weight excluding hydrogens is 328 g/mol. The van der Waals surface area contributed by atoms with Gasteiger partial charge in [0.1, 0.15) is 0 Å². The summed E-state index contributed by atoms with van der Waals surface area (Å²) >= 11 is 0. The van der Waals surface area contributed by atoms with Gasteiger partial charge in [-0.05, 0) is 50.4 Å². The Morgan fingerprint density at radius 2 is 2.15 bits per heavy atom. The average molecular weight is 365 g/mol. The van der Waals surface area contributed by atoms with Crippen molar-refractivity contribution in [1.29, 1.82) is 0 Å². The summed E-state index contributed by atoms with van der Waals surface area (Å²) in [6, 6.07) is 0. The SMILES string of the molecule is CCCCC[C@@H](O)/C=C/[C@@H]1C2CC(CCCCC(=O)OC)=CC2C[C@H]1O. The van der Waals surface area contributed by atoms with Gasteiger partial charge >= 0.3 is 5.97 Å². The van der Waals surface area contributed by atoms with Crippen LogP contribution in [0.4, 0.5) is 0 Å². The minimum Gasteiger partial charge on any atom is -0.469 e. The van der Waals surface area contributed by atoms with Crippen molar-refractivity contribution in [3.8, 4) is 0 Å². The van der Waals surface area contributed by atoms with E-state index in [2.05, 4.69) is 23.8 Å². The summed E-state index contributed by atoms with van der Waals surface area (Å²) in [5.74, 6) is 0.963. The second-order valence-electron chi connectivity index (χ2n) is 7.97. The van der Waals surface area contributed by atoms with Crippen LogP contribution < -0.4 is 0 Å². The molecule has 0 bridgehead atoms. The Labute approximate surface area is 158 Å². The van der Waals surface area contributed by atoms with Gasteiger partial charge in [-0.25, -0.2) is 0 Å². The van der Waals surface area contributed by atoms with Gasteiger partial charge in [-0.15, -0.1) is 0 Å². The van der Waals surface area contributed by atoms with Gasteiger partial charge in [-0.3, -0.25) is 4.79 Å². The highest BCUT2D eigenvalue weighted by Gasteiger charge is 2.43. The zero-order chi connectivity index (χ0) is 18.9. The molecule has 2 aliphatic carbocycles. The summed E-state index contributed by atoms with van der Waals surface area (Å²) in [5.41, 5.74) is 1.47. The first-order valence-corrected chi connectivity index (χ1v) is 10.4. The molecule has 0 spiro atoms. The van der Waals surface area contributed by atoms with Gasteiger partial charge in [0.25, 0.3) is 0 Å². The lowest BCUT2D eigenvalue weighted by atomic mass is 9.88. The van der Waals surface area contributed by atoms with Gasteiger partial charge in [-0.2, -0.15) is 0 Å². The molecule has 0 aromatic rings. The number of unbranched alkanes of at least 4 members (excludes halogenated alkanes) is 3. The number of carbonyl (C=O) groups is 1. The van der Waals surface area contributed by atoms with Crippen molar-refractivity contribution in [2.45, 2.75) is 83.3 Å². The number of hydrogen-bond acceptors (Lipinski definition) is 4. The van der Waals surface area contributed by atoms with E-state index >= 15 is 0 Å². The van der Waals surface area contributed by atoms with E-state index in [1.807, 2.05) is 6.08 Å². The van der Waals surface area contributed by atoms with E-state index in [4.69, 9.17) is 0 Å². The number of aliphatic hydroxyl groups is 2. The number of allylic oxidation sites excluding steroid dienone is 2. The maximum Gasteiger partial charge on any atom is 0.305 e. The number of aliphatic hydroxyl groups excluding tert-OH is 2. The Hall–Kier alpha value is -1.13. The molecule has 5 atom stereocenters. The van der Waals surface area contributed by atoms with Crippen LogP contribution in [0.2, 0.25) is 0 Å². The van der Waals surface area contributed by atoms with Crippen LogP contribution in [-0.4, -0.2) is 35.5 Å². The molecule has 148 valence electrons. The molecule has 0 aromatic carbocycles. The van der Waals surface area contributed by atoms with Crippen LogP contribution in [0.5, 0.6) is 0 Å². The van der Waals surface area contributed by atoms with Crippen LogP contribution in [-0.2, 0) is 9.53 Å². The Morgan fingerprint density at radius 1 is 1.35 bits per heavy atom. The molecule has 1 fully saturated rings. The molecule has 0 radical (unpaired) electrons. The van der Waals surface area contributed by atoms with E-state index in [1.165, 1.54) is 12.7 Å². The smallest absolute Gasteiger partial charge is 0.305 e. The number of fused-ring (bicyclic) bond motifs is 1. The minimum atomic E-state index is -0.389. The van der Waals surface area contributed by atoms with Gasteiger partial charge in [0.15, 0.2) is 0 Å². The van der Waals surface area contributed by atoms with Crippen molar-refractivity contribution in [2.75, 3.05) is 7.11 Å². The molecule has 0 aromatic heterocycles. The molecular formula is C22H36O4. The van der Waals surface area contributed by atoms with E-state index in [0.29, 0.717) is 18.3 Å². The Morgan fingerprint density at radius 3 is 2.88 bits per heavy atom. The van der Waals surface area contributed by atoms with Gasteiger partial charge in [0.05, 0.1) is 19.3 Å². The second-order valence-corrected chi connectivity index (χ2v) is 7.97. The highest BCUT2D eigenvalue weighted by atomic mass is 16.5. The normalized spacial score (nSPS) is 29.0. The first kappa shape index (κ1) is 21.2. The maximum atomic E-state index is 11.2. The summed E-state index contributed by atoms with van der Waals surface area (Å²) in [5, 5.41) is 20.5. The number of esters is 1. The third-order valence-corrected chi connectivity index (χ3v) is 5.97. The number of carbonyl (C=O) groups excluding carboxylic acids is 1. The van der Waals surface area contributed by atoms with Gasteiger partial charge in [0, 0.05) is 12.3 Å². The standard InChI is InChI=1S/C22H36O4/c1-3-4-5-9-18(23)11-12-19-20-14-16(13-17(20)15-21(19)24)8-6-7-10-22(25)26-2/h11-13,17-21,23-24H,3-10,14-15H2,1-2H3/b12-11+/t17?,18-,19-,20?,21-/m1/s1. The molecule has 2 unspecified atom stereocenters. The molecule has 26 heavy (non-hydrogen) atoms. The largest absolute Gasteiger partial charge is 0.469 e. The average Bonchev–Trinajstić information content (AvgIpc) is 3.13. The highest BCUT2D eigenvalue weighted by Crippen LogP contribution is 2.48. The van der Waals surface area contributed by atoms with Crippen molar-refractivity contribution >= 4 is 5.97 Å². The monoisotopic (exact) mass is 364 g/mol. The lowest BCUT2D eigenvalue weighted by Gasteiger charge is -2.19. The Balaban J connectivity index is 1.76. The van der Waals surface area contributed by atoms with E-state index in [0.717, 1.165) is 57.8 Å². The number of methoxy groups -OCH3 is 1. The highest BCUT2D eigenvalue weighted by molar-refractivity contribution is 5.68. The van der Waals surface area contributed by atoms with E-state index in [1.54, 1.807) is 0 Å².